The van der Waals surface area contributed by atoms with E-state index in [1.165, 1.54) is 0 Å². The van der Waals surface area contributed by atoms with Gasteiger partial charge in [0.15, 0.2) is 0 Å². The Bertz CT molecular complexity index is 1080. The van der Waals surface area contributed by atoms with Crippen molar-refractivity contribution in [1.29, 1.82) is 0 Å². The number of aromatic nitrogens is 6. The van der Waals surface area contributed by atoms with Crippen LogP contribution < -0.4 is 10.6 Å². The number of hydrogen-bond acceptors (Lipinski definition) is 6. The van der Waals surface area contributed by atoms with E-state index >= 15 is 0 Å². The van der Waals surface area contributed by atoms with Crippen molar-refractivity contribution in [2.45, 2.75) is 32.0 Å². The largest absolute Gasteiger partial charge is 0.358 e. The van der Waals surface area contributed by atoms with Gasteiger partial charge >= 0.3 is 0 Å². The smallest absolute Gasteiger partial charge is 0.225 e. The number of alkyl halides is 1. The molecular formula is C19H20ClFN8. The molecule has 4 heterocycles. The highest BCUT2D eigenvalue weighted by Gasteiger charge is 2.18. The van der Waals surface area contributed by atoms with E-state index in [0.29, 0.717) is 16.8 Å². The zero-order chi connectivity index (χ0) is 20.2. The molecule has 1 aliphatic rings. The van der Waals surface area contributed by atoms with Crippen molar-refractivity contribution in [1.82, 2.24) is 30.1 Å². The maximum Gasteiger partial charge on any atom is 0.225 e. The van der Waals surface area contributed by atoms with Gasteiger partial charge in [0.25, 0.3) is 0 Å². The number of rotatable bonds is 5. The molecule has 0 radical (unpaired) electrons. The molecule has 1 atom stereocenters. The highest BCUT2D eigenvalue weighted by Crippen LogP contribution is 2.24. The Balaban J connectivity index is 0.000000458. The van der Waals surface area contributed by atoms with Gasteiger partial charge in [-0.05, 0) is 38.0 Å². The van der Waals surface area contributed by atoms with Crippen LogP contribution in [0.4, 0.5) is 22.0 Å². The summed E-state index contributed by atoms with van der Waals surface area (Å²) in [6.45, 7) is 1.99. The minimum absolute atomic E-state index is 0.0854. The SMILES string of the molecule is C[C@H](Nc1nccc(Nc2ccn[nH]2)n1)c1ccc2[nH]cc(Cl)c2n1.FC1CC1. The Labute approximate surface area is 171 Å². The predicted octanol–water partition coefficient (Wildman–Crippen LogP) is 4.76. The monoisotopic (exact) mass is 414 g/mol. The van der Waals surface area contributed by atoms with Crippen LogP contribution in [0.2, 0.25) is 5.02 Å². The van der Waals surface area contributed by atoms with E-state index < -0.39 is 6.17 Å². The van der Waals surface area contributed by atoms with E-state index in [-0.39, 0.29) is 6.04 Å². The molecule has 4 aromatic heterocycles. The van der Waals surface area contributed by atoms with E-state index in [4.69, 9.17) is 11.6 Å². The number of fused-ring (bicyclic) bond motifs is 1. The maximum absolute atomic E-state index is 11.1. The number of nitrogens with one attached hydrogen (secondary N) is 4. The van der Waals surface area contributed by atoms with E-state index in [1.54, 1.807) is 24.7 Å². The third-order valence-electron chi connectivity index (χ3n) is 4.21. The quantitative estimate of drug-likeness (QED) is 0.375. The summed E-state index contributed by atoms with van der Waals surface area (Å²) in [6.07, 6.45) is 6.30. The van der Waals surface area contributed by atoms with Crippen LogP contribution >= 0.6 is 11.6 Å². The van der Waals surface area contributed by atoms with E-state index in [0.717, 1.165) is 35.4 Å². The normalized spacial score (nSPS) is 14.2. The lowest BCUT2D eigenvalue weighted by Crippen LogP contribution is -2.11. The number of pyridine rings is 1. The van der Waals surface area contributed by atoms with Crippen LogP contribution in [-0.4, -0.2) is 36.3 Å². The summed E-state index contributed by atoms with van der Waals surface area (Å²) in [5.41, 5.74) is 2.51. The van der Waals surface area contributed by atoms with Gasteiger partial charge < -0.3 is 15.6 Å². The summed E-state index contributed by atoms with van der Waals surface area (Å²) in [6, 6.07) is 7.41. The lowest BCUT2D eigenvalue weighted by atomic mass is 10.2. The Hall–Kier alpha value is -3.20. The fourth-order valence-corrected chi connectivity index (χ4v) is 2.71. The summed E-state index contributed by atoms with van der Waals surface area (Å²) in [4.78, 5) is 16.4. The fourth-order valence-electron chi connectivity index (χ4n) is 2.52. The van der Waals surface area contributed by atoms with Gasteiger partial charge in [-0.1, -0.05) is 11.6 Å². The third kappa shape index (κ3) is 5.00. The Kier molecular flexibility index (Phi) is 5.57. The second-order valence-corrected chi connectivity index (χ2v) is 7.08. The van der Waals surface area contributed by atoms with E-state index in [1.807, 2.05) is 25.1 Å². The number of nitrogens with zero attached hydrogens (tertiary/aromatic N) is 4. The molecule has 29 heavy (non-hydrogen) atoms. The molecule has 1 saturated carbocycles. The Morgan fingerprint density at radius 2 is 2.00 bits per heavy atom. The molecule has 10 heteroatoms. The summed E-state index contributed by atoms with van der Waals surface area (Å²) in [5, 5.41) is 13.7. The Morgan fingerprint density at radius 1 is 1.17 bits per heavy atom. The van der Waals surface area contributed by atoms with Crippen LogP contribution in [-0.2, 0) is 0 Å². The van der Waals surface area contributed by atoms with Gasteiger partial charge in [-0.25, -0.2) is 14.4 Å². The number of anilines is 3. The predicted molar refractivity (Wildman–Crippen MR) is 111 cm³/mol. The molecule has 0 unspecified atom stereocenters. The van der Waals surface area contributed by atoms with Crippen molar-refractivity contribution >= 4 is 40.2 Å². The molecule has 0 spiro atoms. The van der Waals surface area contributed by atoms with Gasteiger partial charge in [-0.2, -0.15) is 10.1 Å². The average Bonchev–Trinajstić information content (AvgIpc) is 3.18. The fraction of sp³-hybridized carbons (Fsp3) is 0.263. The van der Waals surface area contributed by atoms with E-state index in [2.05, 4.69) is 40.8 Å². The molecule has 0 aromatic carbocycles. The van der Waals surface area contributed by atoms with Gasteiger partial charge in [0.05, 0.1) is 28.5 Å². The first-order valence-electron chi connectivity index (χ1n) is 9.22. The zero-order valence-electron chi connectivity index (χ0n) is 15.7. The van der Waals surface area contributed by atoms with Crippen molar-refractivity contribution < 1.29 is 4.39 Å². The minimum Gasteiger partial charge on any atom is -0.358 e. The second kappa shape index (κ2) is 8.44. The van der Waals surface area contributed by atoms with Gasteiger partial charge in [0, 0.05) is 18.5 Å². The van der Waals surface area contributed by atoms with Crippen LogP contribution in [0.1, 0.15) is 31.5 Å². The molecule has 0 bridgehead atoms. The first-order valence-corrected chi connectivity index (χ1v) is 9.60. The van der Waals surface area contributed by atoms with Gasteiger partial charge in [-0.3, -0.25) is 5.10 Å². The molecular weight excluding hydrogens is 395 g/mol. The molecule has 4 aromatic rings. The van der Waals surface area contributed by atoms with Crippen LogP contribution in [0.3, 0.4) is 0 Å². The van der Waals surface area contributed by atoms with Gasteiger partial charge in [0.2, 0.25) is 5.95 Å². The minimum atomic E-state index is -0.417. The van der Waals surface area contributed by atoms with Crippen molar-refractivity contribution in [2.75, 3.05) is 10.6 Å². The Morgan fingerprint density at radius 3 is 2.72 bits per heavy atom. The molecule has 150 valence electrons. The van der Waals surface area contributed by atoms with Gasteiger partial charge in [0.1, 0.15) is 23.3 Å². The zero-order valence-corrected chi connectivity index (χ0v) is 16.4. The van der Waals surface area contributed by atoms with Crippen LogP contribution in [0.25, 0.3) is 11.0 Å². The van der Waals surface area contributed by atoms with Gasteiger partial charge in [-0.15, -0.1) is 0 Å². The molecule has 0 amide bonds. The average molecular weight is 415 g/mol. The van der Waals surface area contributed by atoms with Crippen LogP contribution in [0.5, 0.6) is 0 Å². The molecule has 1 fully saturated rings. The summed E-state index contributed by atoms with van der Waals surface area (Å²) < 4.78 is 11.1. The van der Waals surface area contributed by atoms with E-state index in [9.17, 15) is 4.39 Å². The lowest BCUT2D eigenvalue weighted by molar-refractivity contribution is 0.480. The lowest BCUT2D eigenvalue weighted by Gasteiger charge is -2.14. The standard InChI is InChI=1S/C16H15ClN8.C3H5F/c1-9(11-2-3-12-15(22-11)10(17)8-19-12)21-16-18-6-4-13(24-16)23-14-5-7-20-25-14;4-3-1-2-3/h2-9,19H,1H3,(H3,18,20,21,23,24,25);3H,1-2H2/t9-;/m0./s1. The van der Waals surface area contributed by atoms with Crippen molar-refractivity contribution in [3.8, 4) is 0 Å². The van der Waals surface area contributed by atoms with Crippen molar-refractivity contribution in [2.24, 2.45) is 0 Å². The number of aromatic amines is 2. The molecule has 0 saturated heterocycles. The summed E-state index contributed by atoms with van der Waals surface area (Å²) in [5.74, 6) is 1.91. The van der Waals surface area contributed by atoms with Crippen LogP contribution in [0, 0.1) is 0 Å². The maximum atomic E-state index is 11.1. The summed E-state index contributed by atoms with van der Waals surface area (Å²) in [7, 11) is 0. The molecule has 1 aliphatic carbocycles. The van der Waals surface area contributed by atoms with Crippen LogP contribution in [0.15, 0.2) is 42.9 Å². The van der Waals surface area contributed by atoms with Crippen molar-refractivity contribution in [3.63, 3.8) is 0 Å². The molecule has 5 rings (SSSR count). The highest BCUT2D eigenvalue weighted by molar-refractivity contribution is 6.35. The molecule has 0 aliphatic heterocycles. The number of H-pyrrole nitrogens is 2. The molecule has 4 N–H and O–H groups in total. The topological polar surface area (TPSA) is 107 Å². The highest BCUT2D eigenvalue weighted by atomic mass is 35.5. The first-order chi connectivity index (χ1) is 14.1. The number of hydrogen-bond donors (Lipinski definition) is 4. The first kappa shape index (κ1) is 19.1. The molecule has 8 nitrogen and oxygen atoms in total. The third-order valence-corrected chi connectivity index (χ3v) is 4.50. The number of halogens is 2. The second-order valence-electron chi connectivity index (χ2n) is 6.67. The van der Waals surface area contributed by atoms with Crippen molar-refractivity contribution in [3.05, 3.63) is 53.6 Å². The summed E-state index contributed by atoms with van der Waals surface area (Å²) >= 11 is 6.14.